The molecule has 1 aromatic carbocycles. The Bertz CT molecular complexity index is 671. The van der Waals surface area contributed by atoms with Gasteiger partial charge in [0.05, 0.1) is 0 Å². The predicted molar refractivity (Wildman–Crippen MR) is 108 cm³/mol. The number of carbonyl (C=O) groups excluding carboxylic acids is 1. The molecule has 0 saturated carbocycles. The van der Waals surface area contributed by atoms with Crippen molar-refractivity contribution in [2.24, 2.45) is 5.92 Å². The van der Waals surface area contributed by atoms with Crippen LogP contribution in [-0.2, 0) is 11.2 Å². The molecule has 5 nitrogen and oxygen atoms in total. The van der Waals surface area contributed by atoms with Gasteiger partial charge in [-0.05, 0) is 74.5 Å². The first-order valence-electron chi connectivity index (χ1n) is 9.98. The van der Waals surface area contributed by atoms with Crippen LogP contribution in [0.2, 0.25) is 0 Å². The highest BCUT2D eigenvalue weighted by molar-refractivity contribution is 5.83. The molecule has 0 spiro atoms. The number of benzene rings is 1. The molecule has 144 valence electrons. The predicted octanol–water partition coefficient (Wildman–Crippen LogP) is 2.46. The lowest BCUT2D eigenvalue weighted by molar-refractivity contribution is -0.123. The molecule has 27 heavy (non-hydrogen) atoms. The maximum atomic E-state index is 12.8. The lowest BCUT2D eigenvalue weighted by atomic mass is 9.94. The lowest BCUT2D eigenvalue weighted by Crippen LogP contribution is -2.39. The van der Waals surface area contributed by atoms with Crippen LogP contribution in [0.3, 0.4) is 0 Å². The third kappa shape index (κ3) is 6.45. The fourth-order valence-electron chi connectivity index (χ4n) is 3.59. The number of aromatic nitrogens is 1. The molecule has 0 radical (unpaired) electrons. The van der Waals surface area contributed by atoms with Crippen molar-refractivity contribution < 1.29 is 4.79 Å². The number of amides is 1. The molecule has 0 bridgehead atoms. The van der Waals surface area contributed by atoms with Gasteiger partial charge in [0.25, 0.3) is 0 Å². The SMILES string of the molecule is O=C(NCCc1ccncc1)C(NCCC1CCNCC1)c1ccccc1. The number of hydrogen-bond donors (Lipinski definition) is 3. The monoisotopic (exact) mass is 366 g/mol. The summed E-state index contributed by atoms with van der Waals surface area (Å²) >= 11 is 0. The number of pyridine rings is 1. The summed E-state index contributed by atoms with van der Waals surface area (Å²) in [5, 5.41) is 9.98. The fourth-order valence-corrected chi connectivity index (χ4v) is 3.59. The quantitative estimate of drug-likeness (QED) is 0.638. The Morgan fingerprint density at radius 2 is 1.81 bits per heavy atom. The van der Waals surface area contributed by atoms with Gasteiger partial charge in [-0.25, -0.2) is 0 Å². The molecule has 1 aliphatic heterocycles. The van der Waals surface area contributed by atoms with Crippen molar-refractivity contribution in [1.29, 1.82) is 0 Å². The minimum atomic E-state index is -0.301. The van der Waals surface area contributed by atoms with E-state index in [9.17, 15) is 4.79 Å². The first-order chi connectivity index (χ1) is 13.3. The number of hydrogen-bond acceptors (Lipinski definition) is 4. The summed E-state index contributed by atoms with van der Waals surface area (Å²) in [6.45, 7) is 3.72. The maximum Gasteiger partial charge on any atom is 0.241 e. The second-order valence-corrected chi connectivity index (χ2v) is 7.18. The first-order valence-corrected chi connectivity index (χ1v) is 9.98. The van der Waals surface area contributed by atoms with Gasteiger partial charge < -0.3 is 16.0 Å². The maximum absolute atomic E-state index is 12.8. The minimum absolute atomic E-state index is 0.0422. The zero-order valence-corrected chi connectivity index (χ0v) is 15.9. The minimum Gasteiger partial charge on any atom is -0.354 e. The van der Waals surface area contributed by atoms with Crippen LogP contribution in [0.1, 0.15) is 36.4 Å². The van der Waals surface area contributed by atoms with Gasteiger partial charge in [-0.15, -0.1) is 0 Å². The van der Waals surface area contributed by atoms with Gasteiger partial charge in [0.1, 0.15) is 6.04 Å². The smallest absolute Gasteiger partial charge is 0.241 e. The molecule has 0 aliphatic carbocycles. The average Bonchev–Trinajstić information content (AvgIpc) is 2.73. The zero-order valence-electron chi connectivity index (χ0n) is 15.9. The van der Waals surface area contributed by atoms with Gasteiger partial charge in [0.15, 0.2) is 0 Å². The van der Waals surface area contributed by atoms with Gasteiger partial charge in [-0.1, -0.05) is 30.3 Å². The van der Waals surface area contributed by atoms with E-state index in [1.54, 1.807) is 12.4 Å². The molecule has 1 fully saturated rings. The zero-order chi connectivity index (χ0) is 18.7. The molecule has 1 aromatic heterocycles. The van der Waals surface area contributed by atoms with E-state index in [-0.39, 0.29) is 11.9 Å². The molecule has 1 atom stereocenters. The summed E-state index contributed by atoms with van der Waals surface area (Å²) in [4.78, 5) is 16.8. The molecule has 2 heterocycles. The fraction of sp³-hybridized carbons (Fsp3) is 0.455. The second kappa shape index (κ2) is 10.8. The van der Waals surface area contributed by atoms with Gasteiger partial charge in [0.2, 0.25) is 5.91 Å². The molecule has 1 unspecified atom stereocenters. The van der Waals surface area contributed by atoms with E-state index in [1.165, 1.54) is 18.4 Å². The highest BCUT2D eigenvalue weighted by Crippen LogP contribution is 2.17. The Morgan fingerprint density at radius 3 is 2.56 bits per heavy atom. The Hall–Kier alpha value is -2.24. The third-order valence-electron chi connectivity index (χ3n) is 5.22. The van der Waals surface area contributed by atoms with Gasteiger partial charge in [-0.3, -0.25) is 9.78 Å². The van der Waals surface area contributed by atoms with Crippen molar-refractivity contribution in [2.75, 3.05) is 26.2 Å². The molecule has 2 aromatic rings. The van der Waals surface area contributed by atoms with Crippen LogP contribution in [0.4, 0.5) is 0 Å². The van der Waals surface area contributed by atoms with Crippen LogP contribution in [0.15, 0.2) is 54.9 Å². The summed E-state index contributed by atoms with van der Waals surface area (Å²) in [5.41, 5.74) is 2.20. The largest absolute Gasteiger partial charge is 0.354 e. The number of nitrogens with zero attached hydrogens (tertiary/aromatic N) is 1. The van der Waals surface area contributed by atoms with E-state index in [0.717, 1.165) is 44.0 Å². The molecule has 3 N–H and O–H groups in total. The number of rotatable bonds is 9. The molecule has 1 amide bonds. The van der Waals surface area contributed by atoms with Gasteiger partial charge in [-0.2, -0.15) is 0 Å². The van der Waals surface area contributed by atoms with Crippen molar-refractivity contribution in [3.8, 4) is 0 Å². The van der Waals surface area contributed by atoms with Gasteiger partial charge in [0, 0.05) is 18.9 Å². The highest BCUT2D eigenvalue weighted by Gasteiger charge is 2.20. The summed E-state index contributed by atoms with van der Waals surface area (Å²) in [5.74, 6) is 0.797. The van der Waals surface area contributed by atoms with Crippen LogP contribution in [0.5, 0.6) is 0 Å². The number of carbonyl (C=O) groups is 1. The topological polar surface area (TPSA) is 66.0 Å². The molecular formula is C22H30N4O. The highest BCUT2D eigenvalue weighted by atomic mass is 16.2. The Kier molecular flexibility index (Phi) is 7.81. The van der Waals surface area contributed by atoms with Crippen LogP contribution in [-0.4, -0.2) is 37.1 Å². The summed E-state index contributed by atoms with van der Waals surface area (Å²) in [6.07, 6.45) is 7.96. The summed E-state index contributed by atoms with van der Waals surface area (Å²) in [6, 6.07) is 13.7. The van der Waals surface area contributed by atoms with E-state index in [0.29, 0.717) is 6.54 Å². The van der Waals surface area contributed by atoms with E-state index < -0.39 is 0 Å². The van der Waals surface area contributed by atoms with Crippen molar-refractivity contribution in [3.63, 3.8) is 0 Å². The van der Waals surface area contributed by atoms with Gasteiger partial charge >= 0.3 is 0 Å². The average molecular weight is 367 g/mol. The van der Waals surface area contributed by atoms with Crippen molar-refractivity contribution in [1.82, 2.24) is 20.9 Å². The summed E-state index contributed by atoms with van der Waals surface area (Å²) in [7, 11) is 0. The molecule has 3 rings (SSSR count). The Morgan fingerprint density at radius 1 is 1.07 bits per heavy atom. The normalized spacial score (nSPS) is 16.0. The van der Waals surface area contributed by atoms with E-state index in [1.807, 2.05) is 42.5 Å². The summed E-state index contributed by atoms with van der Waals surface area (Å²) < 4.78 is 0. The second-order valence-electron chi connectivity index (χ2n) is 7.18. The lowest BCUT2D eigenvalue weighted by Gasteiger charge is -2.24. The van der Waals surface area contributed by atoms with Crippen LogP contribution < -0.4 is 16.0 Å². The Balaban J connectivity index is 1.51. The molecule has 1 saturated heterocycles. The number of nitrogens with one attached hydrogen (secondary N) is 3. The van der Waals surface area contributed by atoms with Crippen molar-refractivity contribution >= 4 is 5.91 Å². The van der Waals surface area contributed by atoms with Crippen molar-refractivity contribution in [2.45, 2.75) is 31.7 Å². The van der Waals surface area contributed by atoms with Crippen LogP contribution in [0, 0.1) is 5.92 Å². The first kappa shape index (κ1) is 19.5. The van der Waals surface area contributed by atoms with Crippen LogP contribution in [0.25, 0.3) is 0 Å². The Labute approximate surface area is 162 Å². The van der Waals surface area contributed by atoms with Crippen molar-refractivity contribution in [3.05, 3.63) is 66.0 Å². The standard InChI is InChI=1S/C22H30N4O/c27-22(26-17-11-19-8-14-24-15-9-19)21(20-4-2-1-3-5-20)25-16-10-18-6-12-23-13-7-18/h1-5,8-9,14-15,18,21,23,25H,6-7,10-13,16-17H2,(H,26,27). The number of piperidine rings is 1. The third-order valence-corrected chi connectivity index (χ3v) is 5.22. The molecule has 5 heteroatoms. The van der Waals surface area contributed by atoms with E-state index in [2.05, 4.69) is 20.9 Å². The molecule has 1 aliphatic rings. The van der Waals surface area contributed by atoms with E-state index >= 15 is 0 Å². The van der Waals surface area contributed by atoms with Crippen LogP contribution >= 0.6 is 0 Å². The van der Waals surface area contributed by atoms with E-state index in [4.69, 9.17) is 0 Å². The molecular weight excluding hydrogens is 336 g/mol.